The average Bonchev–Trinajstić information content (AvgIpc) is 3.20. The molecule has 4 rings (SSSR count). The van der Waals surface area contributed by atoms with Gasteiger partial charge < -0.3 is 20.1 Å². The Bertz CT molecular complexity index is 1010. The van der Waals surface area contributed by atoms with Gasteiger partial charge >= 0.3 is 0 Å². The van der Waals surface area contributed by atoms with E-state index in [9.17, 15) is 4.39 Å². The van der Waals surface area contributed by atoms with Gasteiger partial charge in [-0.05, 0) is 66.2 Å². The summed E-state index contributed by atoms with van der Waals surface area (Å²) >= 11 is 5.18. The quantitative estimate of drug-likeness (QED) is 0.580. The molecule has 0 unspecified atom stereocenters. The minimum absolute atomic E-state index is 0.0908. The molecule has 1 aliphatic rings. The summed E-state index contributed by atoms with van der Waals surface area (Å²) in [5, 5.41) is 8.10. The SMILES string of the molecule is CNC(=S)NCc1ccc2ccn(C3CCN(CCc4ccccc4F)CC3)c2c1. The molecule has 4 nitrogen and oxygen atoms in total. The van der Waals surface area contributed by atoms with E-state index < -0.39 is 0 Å². The molecular weight excluding hydrogens is 395 g/mol. The number of fused-ring (bicyclic) bond motifs is 1. The molecule has 2 aromatic carbocycles. The first-order chi connectivity index (χ1) is 14.6. The molecule has 0 aliphatic carbocycles. The maximum Gasteiger partial charge on any atom is 0.166 e. The van der Waals surface area contributed by atoms with E-state index in [1.807, 2.05) is 19.2 Å². The fraction of sp³-hybridized carbons (Fsp3) is 0.375. The zero-order valence-corrected chi connectivity index (χ0v) is 18.2. The molecule has 3 aromatic rings. The average molecular weight is 425 g/mol. The van der Waals surface area contributed by atoms with Crippen LogP contribution < -0.4 is 10.6 Å². The molecular formula is C24H29FN4S. The van der Waals surface area contributed by atoms with Gasteiger partial charge in [-0.1, -0.05) is 30.3 Å². The Morgan fingerprint density at radius 2 is 1.93 bits per heavy atom. The Balaban J connectivity index is 1.37. The van der Waals surface area contributed by atoms with Crippen molar-refractivity contribution in [1.29, 1.82) is 0 Å². The maximum absolute atomic E-state index is 13.9. The number of halogens is 1. The molecule has 1 saturated heterocycles. The fourth-order valence-electron chi connectivity index (χ4n) is 4.29. The lowest BCUT2D eigenvalue weighted by atomic mass is 10.0. The second kappa shape index (κ2) is 9.58. The monoisotopic (exact) mass is 424 g/mol. The van der Waals surface area contributed by atoms with E-state index in [2.05, 4.69) is 50.6 Å². The molecule has 6 heteroatoms. The molecule has 1 fully saturated rings. The van der Waals surface area contributed by atoms with Gasteiger partial charge in [-0.15, -0.1) is 0 Å². The van der Waals surface area contributed by atoms with Gasteiger partial charge in [0.1, 0.15) is 5.82 Å². The van der Waals surface area contributed by atoms with E-state index in [1.54, 1.807) is 12.1 Å². The zero-order chi connectivity index (χ0) is 20.9. The van der Waals surface area contributed by atoms with E-state index in [4.69, 9.17) is 12.2 Å². The number of rotatable bonds is 6. The maximum atomic E-state index is 13.9. The molecule has 0 atom stereocenters. The molecule has 2 N–H and O–H groups in total. The van der Waals surface area contributed by atoms with Crippen LogP contribution in [-0.4, -0.2) is 41.3 Å². The van der Waals surface area contributed by atoms with Crippen molar-refractivity contribution in [3.63, 3.8) is 0 Å². The Morgan fingerprint density at radius 3 is 2.70 bits per heavy atom. The molecule has 0 spiro atoms. The molecule has 1 aliphatic heterocycles. The van der Waals surface area contributed by atoms with Crippen LogP contribution in [-0.2, 0) is 13.0 Å². The van der Waals surface area contributed by atoms with Crippen molar-refractivity contribution in [2.45, 2.75) is 31.8 Å². The predicted octanol–water partition coefficient (Wildman–Crippen LogP) is 4.25. The highest BCUT2D eigenvalue weighted by Crippen LogP contribution is 2.28. The van der Waals surface area contributed by atoms with Gasteiger partial charge in [0.05, 0.1) is 0 Å². The van der Waals surface area contributed by atoms with Crippen molar-refractivity contribution >= 4 is 28.2 Å². The van der Waals surface area contributed by atoms with Crippen LogP contribution in [0.15, 0.2) is 54.7 Å². The van der Waals surface area contributed by atoms with E-state index in [0.29, 0.717) is 11.2 Å². The number of likely N-dealkylation sites (tertiary alicyclic amines) is 1. The standard InChI is InChI=1S/C24H29FN4S/c1-26-24(30)27-17-18-6-7-20-9-15-29(23(20)16-18)21-10-13-28(14-11-21)12-8-19-4-2-3-5-22(19)25/h2-7,9,15-16,21H,8,10-14,17H2,1H3,(H2,26,27,30). The number of nitrogens with zero attached hydrogens (tertiary/aromatic N) is 2. The molecule has 0 radical (unpaired) electrons. The first-order valence-electron chi connectivity index (χ1n) is 10.6. The highest BCUT2D eigenvalue weighted by molar-refractivity contribution is 7.80. The first kappa shape index (κ1) is 20.8. The summed E-state index contributed by atoms with van der Waals surface area (Å²) in [4.78, 5) is 2.46. The van der Waals surface area contributed by atoms with Gasteiger partial charge in [-0.25, -0.2) is 4.39 Å². The molecule has 0 bridgehead atoms. The third-order valence-corrected chi connectivity index (χ3v) is 6.42. The van der Waals surface area contributed by atoms with Crippen molar-refractivity contribution in [2.24, 2.45) is 0 Å². The Hall–Kier alpha value is -2.44. The summed E-state index contributed by atoms with van der Waals surface area (Å²) in [5.41, 5.74) is 3.33. The summed E-state index contributed by atoms with van der Waals surface area (Å²) in [6.45, 7) is 3.74. The number of aromatic nitrogens is 1. The molecule has 30 heavy (non-hydrogen) atoms. The second-order valence-corrected chi connectivity index (χ2v) is 8.37. The van der Waals surface area contributed by atoms with Crippen molar-refractivity contribution in [1.82, 2.24) is 20.1 Å². The number of hydrogen-bond acceptors (Lipinski definition) is 2. The molecule has 0 amide bonds. The van der Waals surface area contributed by atoms with Crippen molar-refractivity contribution in [2.75, 3.05) is 26.7 Å². The van der Waals surface area contributed by atoms with Gasteiger partial charge in [-0.2, -0.15) is 0 Å². The normalized spacial score (nSPS) is 15.4. The summed E-state index contributed by atoms with van der Waals surface area (Å²) < 4.78 is 16.3. The molecule has 1 aromatic heterocycles. The van der Waals surface area contributed by atoms with E-state index >= 15 is 0 Å². The van der Waals surface area contributed by atoms with Crippen LogP contribution >= 0.6 is 12.2 Å². The smallest absolute Gasteiger partial charge is 0.166 e. The topological polar surface area (TPSA) is 32.2 Å². The highest BCUT2D eigenvalue weighted by atomic mass is 32.1. The lowest BCUT2D eigenvalue weighted by Crippen LogP contribution is -2.36. The fourth-order valence-corrected chi connectivity index (χ4v) is 4.37. The largest absolute Gasteiger partial charge is 0.366 e. The number of nitrogens with one attached hydrogen (secondary N) is 2. The van der Waals surface area contributed by atoms with Gasteiger partial charge in [0.2, 0.25) is 0 Å². The summed E-state index contributed by atoms with van der Waals surface area (Å²) in [5.74, 6) is -0.0908. The first-order valence-corrected chi connectivity index (χ1v) is 11.1. The predicted molar refractivity (Wildman–Crippen MR) is 125 cm³/mol. The van der Waals surface area contributed by atoms with Crippen molar-refractivity contribution in [3.05, 3.63) is 71.7 Å². The van der Waals surface area contributed by atoms with Gasteiger partial charge in [0.25, 0.3) is 0 Å². The van der Waals surface area contributed by atoms with Crippen LogP contribution in [0.1, 0.15) is 30.0 Å². The van der Waals surface area contributed by atoms with Crippen LogP contribution in [0.4, 0.5) is 4.39 Å². The van der Waals surface area contributed by atoms with Gasteiger partial charge in [0.15, 0.2) is 5.11 Å². The number of thiocarbonyl (C=S) groups is 1. The van der Waals surface area contributed by atoms with Gasteiger partial charge in [-0.3, -0.25) is 0 Å². The van der Waals surface area contributed by atoms with Crippen LogP contribution in [0, 0.1) is 5.82 Å². The third-order valence-electron chi connectivity index (χ3n) is 6.07. The van der Waals surface area contributed by atoms with Gasteiger partial charge in [0, 0.05) is 51.0 Å². The summed E-state index contributed by atoms with van der Waals surface area (Å²) in [6, 6.07) is 16.4. The van der Waals surface area contributed by atoms with Crippen LogP contribution in [0.3, 0.4) is 0 Å². The zero-order valence-electron chi connectivity index (χ0n) is 17.4. The van der Waals surface area contributed by atoms with E-state index in [1.165, 1.54) is 16.5 Å². The minimum Gasteiger partial charge on any atom is -0.366 e. The summed E-state index contributed by atoms with van der Waals surface area (Å²) in [6.07, 6.45) is 5.23. The lowest BCUT2D eigenvalue weighted by Gasteiger charge is -2.33. The molecule has 158 valence electrons. The van der Waals surface area contributed by atoms with Crippen molar-refractivity contribution < 1.29 is 4.39 Å². The third kappa shape index (κ3) is 4.82. The molecule has 2 heterocycles. The van der Waals surface area contributed by atoms with E-state index in [-0.39, 0.29) is 5.82 Å². The number of benzene rings is 2. The highest BCUT2D eigenvalue weighted by Gasteiger charge is 2.21. The Labute approximate surface area is 183 Å². The lowest BCUT2D eigenvalue weighted by molar-refractivity contribution is 0.190. The number of hydrogen-bond donors (Lipinski definition) is 2. The summed E-state index contributed by atoms with van der Waals surface area (Å²) in [7, 11) is 1.83. The minimum atomic E-state index is -0.0908. The Morgan fingerprint density at radius 1 is 1.13 bits per heavy atom. The molecule has 0 saturated carbocycles. The van der Waals surface area contributed by atoms with Crippen LogP contribution in [0.2, 0.25) is 0 Å². The number of piperidine rings is 1. The van der Waals surface area contributed by atoms with E-state index in [0.717, 1.165) is 51.0 Å². The van der Waals surface area contributed by atoms with Crippen LogP contribution in [0.5, 0.6) is 0 Å². The second-order valence-electron chi connectivity index (χ2n) is 7.96. The van der Waals surface area contributed by atoms with Crippen molar-refractivity contribution in [3.8, 4) is 0 Å². The Kier molecular flexibility index (Phi) is 6.65. The van der Waals surface area contributed by atoms with Crippen LogP contribution in [0.25, 0.3) is 10.9 Å².